The molecular weight excluding hydrogens is 388 g/mol. The molecule has 0 saturated carbocycles. The summed E-state index contributed by atoms with van der Waals surface area (Å²) in [5, 5.41) is 0. The number of rotatable bonds is 6. The summed E-state index contributed by atoms with van der Waals surface area (Å²) in [7, 11) is 0. The number of ether oxygens (including phenoxy) is 1. The highest BCUT2D eigenvalue weighted by atomic mass is 16.5. The van der Waals surface area contributed by atoms with Gasteiger partial charge in [0.05, 0.1) is 0 Å². The van der Waals surface area contributed by atoms with Gasteiger partial charge in [-0.3, -0.25) is 9.59 Å². The third-order valence-electron chi connectivity index (χ3n) is 6.67. The highest BCUT2D eigenvalue weighted by molar-refractivity contribution is 5.97. The molecule has 0 bridgehead atoms. The van der Waals surface area contributed by atoms with Crippen molar-refractivity contribution in [3.63, 3.8) is 0 Å². The lowest BCUT2D eigenvalue weighted by Gasteiger charge is -2.35. The van der Waals surface area contributed by atoms with E-state index in [1.165, 1.54) is 17.5 Å². The van der Waals surface area contributed by atoms with Crippen LogP contribution < -0.4 is 4.74 Å². The number of hydrogen-bond acceptors (Lipinski definition) is 3. The summed E-state index contributed by atoms with van der Waals surface area (Å²) >= 11 is 0. The number of likely N-dealkylation sites (tertiary alicyclic amines) is 1. The van der Waals surface area contributed by atoms with Crippen LogP contribution in [0.2, 0.25) is 0 Å². The first kappa shape index (κ1) is 21.4. The van der Waals surface area contributed by atoms with Crippen LogP contribution in [-0.2, 0) is 17.8 Å². The van der Waals surface area contributed by atoms with Crippen LogP contribution in [0.4, 0.5) is 0 Å². The number of nitrogens with zero attached hydrogens (tertiary/aromatic N) is 2. The molecule has 1 unspecified atom stereocenters. The van der Waals surface area contributed by atoms with Crippen molar-refractivity contribution in [3.05, 3.63) is 64.7 Å². The summed E-state index contributed by atoms with van der Waals surface area (Å²) in [6.07, 6.45) is 5.05. The van der Waals surface area contributed by atoms with Crippen molar-refractivity contribution in [1.82, 2.24) is 9.80 Å². The first-order chi connectivity index (χ1) is 15.1. The van der Waals surface area contributed by atoms with Gasteiger partial charge in [0, 0.05) is 36.8 Å². The largest absolute Gasteiger partial charge is 0.483 e. The van der Waals surface area contributed by atoms with Gasteiger partial charge in [0.25, 0.3) is 11.8 Å². The Kier molecular flexibility index (Phi) is 6.59. The van der Waals surface area contributed by atoms with Crippen LogP contribution in [0.25, 0.3) is 0 Å². The van der Waals surface area contributed by atoms with Gasteiger partial charge in [0.1, 0.15) is 5.75 Å². The Balaban J connectivity index is 1.44. The molecule has 2 aliphatic rings. The summed E-state index contributed by atoms with van der Waals surface area (Å²) in [6.45, 7) is 6.33. The van der Waals surface area contributed by atoms with Gasteiger partial charge in [-0.25, -0.2) is 0 Å². The van der Waals surface area contributed by atoms with Crippen molar-refractivity contribution in [3.8, 4) is 5.75 Å². The van der Waals surface area contributed by atoms with Gasteiger partial charge >= 0.3 is 0 Å². The van der Waals surface area contributed by atoms with E-state index in [4.69, 9.17) is 4.74 Å². The molecule has 4 rings (SSSR count). The predicted molar refractivity (Wildman–Crippen MR) is 121 cm³/mol. The molecule has 0 aliphatic carbocycles. The molecule has 2 aromatic rings. The Labute approximate surface area is 185 Å². The zero-order valence-corrected chi connectivity index (χ0v) is 18.6. The van der Waals surface area contributed by atoms with E-state index >= 15 is 0 Å². The Morgan fingerprint density at radius 1 is 1.10 bits per heavy atom. The highest BCUT2D eigenvalue weighted by Crippen LogP contribution is 2.29. The minimum Gasteiger partial charge on any atom is -0.483 e. The molecule has 2 aliphatic heterocycles. The van der Waals surface area contributed by atoms with Crippen LogP contribution in [0.3, 0.4) is 0 Å². The second-order valence-corrected chi connectivity index (χ2v) is 8.62. The molecule has 31 heavy (non-hydrogen) atoms. The monoisotopic (exact) mass is 420 g/mol. The van der Waals surface area contributed by atoms with Crippen molar-refractivity contribution in [2.75, 3.05) is 19.7 Å². The van der Waals surface area contributed by atoms with Crippen LogP contribution in [0.15, 0.2) is 42.5 Å². The number of carbonyl (C=O) groups is 2. The molecule has 0 spiro atoms. The van der Waals surface area contributed by atoms with Crippen molar-refractivity contribution >= 4 is 11.8 Å². The Hall–Kier alpha value is -2.82. The van der Waals surface area contributed by atoms with Crippen molar-refractivity contribution in [2.45, 2.75) is 58.5 Å². The Morgan fingerprint density at radius 2 is 1.94 bits per heavy atom. The average Bonchev–Trinajstić information content (AvgIpc) is 2.80. The third-order valence-corrected chi connectivity index (χ3v) is 6.67. The molecule has 5 heteroatoms. The van der Waals surface area contributed by atoms with E-state index < -0.39 is 0 Å². The number of hydrogen-bond donors (Lipinski definition) is 0. The summed E-state index contributed by atoms with van der Waals surface area (Å²) in [4.78, 5) is 29.8. The molecule has 1 saturated heterocycles. The molecule has 0 aromatic heterocycles. The fourth-order valence-corrected chi connectivity index (χ4v) is 4.80. The molecule has 2 amide bonds. The summed E-state index contributed by atoms with van der Waals surface area (Å²) in [5.74, 6) is 0.746. The first-order valence-corrected chi connectivity index (χ1v) is 11.5. The summed E-state index contributed by atoms with van der Waals surface area (Å²) < 4.78 is 5.97. The van der Waals surface area contributed by atoms with E-state index in [0.717, 1.165) is 37.8 Å². The van der Waals surface area contributed by atoms with Gasteiger partial charge in [-0.2, -0.15) is 0 Å². The fourth-order valence-electron chi connectivity index (χ4n) is 4.80. The van der Waals surface area contributed by atoms with Gasteiger partial charge in [-0.05, 0) is 62.3 Å². The molecule has 164 valence electrons. The number of carbonyl (C=O) groups excluding carboxylic acids is 2. The van der Waals surface area contributed by atoms with Gasteiger partial charge in [-0.1, -0.05) is 37.3 Å². The SMILES string of the molecule is CCC1CCCCN1C(=O)COc1cccc2c1CCN(Cc1ccccc1C)C2=O. The Bertz CT molecular complexity index is 955. The lowest BCUT2D eigenvalue weighted by atomic mass is 9.97. The van der Waals surface area contributed by atoms with Crippen molar-refractivity contribution < 1.29 is 14.3 Å². The summed E-state index contributed by atoms with van der Waals surface area (Å²) in [6, 6.07) is 14.1. The maximum atomic E-state index is 13.1. The summed E-state index contributed by atoms with van der Waals surface area (Å²) in [5.41, 5.74) is 3.98. The number of aryl methyl sites for hydroxylation is 1. The van der Waals surface area contributed by atoms with Gasteiger partial charge < -0.3 is 14.5 Å². The van der Waals surface area contributed by atoms with E-state index in [0.29, 0.717) is 30.4 Å². The molecule has 2 aromatic carbocycles. The zero-order valence-electron chi connectivity index (χ0n) is 18.6. The Morgan fingerprint density at radius 3 is 2.74 bits per heavy atom. The smallest absolute Gasteiger partial charge is 0.260 e. The van der Waals surface area contributed by atoms with Crippen LogP contribution >= 0.6 is 0 Å². The fraction of sp³-hybridized carbons (Fsp3) is 0.462. The third kappa shape index (κ3) is 4.60. The maximum absolute atomic E-state index is 13.1. The van der Waals surface area contributed by atoms with Gasteiger partial charge in [0.15, 0.2) is 6.61 Å². The molecule has 0 radical (unpaired) electrons. The minimum absolute atomic E-state index is 0.0309. The van der Waals surface area contributed by atoms with E-state index in [9.17, 15) is 9.59 Å². The molecule has 1 fully saturated rings. The van der Waals surface area contributed by atoms with Crippen LogP contribution in [0.1, 0.15) is 59.7 Å². The second kappa shape index (κ2) is 9.54. The van der Waals surface area contributed by atoms with Crippen LogP contribution in [0.5, 0.6) is 5.75 Å². The predicted octanol–water partition coefficient (Wildman–Crippen LogP) is 4.36. The van der Waals surface area contributed by atoms with Gasteiger partial charge in [-0.15, -0.1) is 0 Å². The molecular formula is C26H32N2O3. The molecule has 5 nitrogen and oxygen atoms in total. The average molecular weight is 421 g/mol. The van der Waals surface area contributed by atoms with Crippen molar-refractivity contribution in [1.29, 1.82) is 0 Å². The standard InChI is InChI=1S/C26H32N2O3/c1-3-21-11-6-7-15-28(21)25(29)18-31-24-13-8-12-23-22(24)14-16-27(26(23)30)17-20-10-5-4-9-19(20)2/h4-5,8-10,12-13,21H,3,6-7,11,14-18H2,1-2H3. The van der Waals surface area contributed by atoms with Crippen molar-refractivity contribution in [2.24, 2.45) is 0 Å². The topological polar surface area (TPSA) is 49.9 Å². The number of amides is 2. The quantitative estimate of drug-likeness (QED) is 0.698. The minimum atomic E-state index is 0.0309. The number of fused-ring (bicyclic) bond motifs is 1. The highest BCUT2D eigenvalue weighted by Gasteiger charge is 2.28. The lowest BCUT2D eigenvalue weighted by Crippen LogP contribution is -2.45. The maximum Gasteiger partial charge on any atom is 0.260 e. The molecule has 0 N–H and O–H groups in total. The zero-order chi connectivity index (χ0) is 21.8. The van der Waals surface area contributed by atoms with E-state index in [2.05, 4.69) is 26.0 Å². The van der Waals surface area contributed by atoms with E-state index in [1.54, 1.807) is 0 Å². The molecule has 2 heterocycles. The van der Waals surface area contributed by atoms with Crippen LogP contribution in [-0.4, -0.2) is 47.4 Å². The van der Waals surface area contributed by atoms with E-state index in [1.807, 2.05) is 40.1 Å². The van der Waals surface area contributed by atoms with Crippen LogP contribution in [0, 0.1) is 6.92 Å². The first-order valence-electron chi connectivity index (χ1n) is 11.5. The lowest BCUT2D eigenvalue weighted by molar-refractivity contribution is -0.137. The van der Waals surface area contributed by atoms with Gasteiger partial charge in [0.2, 0.25) is 0 Å². The number of piperidine rings is 1. The van der Waals surface area contributed by atoms with E-state index in [-0.39, 0.29) is 18.4 Å². The normalized spacial score (nSPS) is 18.6. The second-order valence-electron chi connectivity index (χ2n) is 8.62. The molecule has 1 atom stereocenters. The number of benzene rings is 2.